The number of phenolic OH excluding ortho intramolecular Hbond substituents is 1. The van der Waals surface area contributed by atoms with Crippen LogP contribution in [0.2, 0.25) is 5.02 Å². The zero-order valence-electron chi connectivity index (χ0n) is 14.6. The van der Waals surface area contributed by atoms with Crippen LogP contribution in [-0.4, -0.2) is 40.1 Å². The highest BCUT2D eigenvalue weighted by Crippen LogP contribution is 2.25. The van der Waals surface area contributed by atoms with Gasteiger partial charge in [-0.05, 0) is 30.3 Å². The van der Waals surface area contributed by atoms with Gasteiger partial charge in [0.15, 0.2) is 0 Å². The number of likely N-dealkylation sites (tertiary alicyclic amines) is 1. The molecule has 4 rings (SSSR count). The summed E-state index contributed by atoms with van der Waals surface area (Å²) in [6.07, 6.45) is 1.55. The minimum absolute atomic E-state index is 0.0566. The number of aromatic nitrogens is 1. The van der Waals surface area contributed by atoms with Crippen LogP contribution in [0.5, 0.6) is 11.5 Å². The number of para-hydroxylation sites is 1. The number of amides is 1. The quantitative estimate of drug-likeness (QED) is 0.734. The zero-order chi connectivity index (χ0) is 18.8. The average molecular weight is 383 g/mol. The van der Waals surface area contributed by atoms with Crippen molar-refractivity contribution < 1.29 is 14.6 Å². The molecule has 6 heteroatoms. The second-order valence-electron chi connectivity index (χ2n) is 6.61. The van der Waals surface area contributed by atoms with E-state index in [-0.39, 0.29) is 17.8 Å². The van der Waals surface area contributed by atoms with E-state index < -0.39 is 0 Å². The highest BCUT2D eigenvalue weighted by molar-refractivity contribution is 6.30. The number of ether oxygens (including phenoxy) is 1. The molecule has 2 aromatic carbocycles. The molecule has 0 saturated carbocycles. The zero-order valence-corrected chi connectivity index (χ0v) is 15.4. The van der Waals surface area contributed by atoms with Crippen LogP contribution in [0.1, 0.15) is 23.3 Å². The first-order valence-electron chi connectivity index (χ1n) is 8.90. The predicted molar refractivity (Wildman–Crippen MR) is 104 cm³/mol. The highest BCUT2D eigenvalue weighted by Gasteiger charge is 2.25. The lowest BCUT2D eigenvalue weighted by Crippen LogP contribution is -2.42. The number of phenols is 1. The predicted octanol–water partition coefficient (Wildman–Crippen LogP) is 4.28. The average Bonchev–Trinajstić information content (AvgIpc) is 2.68. The van der Waals surface area contributed by atoms with Crippen LogP contribution in [0.4, 0.5) is 0 Å². The molecule has 0 unspecified atom stereocenters. The van der Waals surface area contributed by atoms with Crippen molar-refractivity contribution in [1.82, 2.24) is 9.88 Å². The molecule has 1 saturated heterocycles. The van der Waals surface area contributed by atoms with E-state index in [9.17, 15) is 9.90 Å². The molecule has 1 amide bonds. The third kappa shape index (κ3) is 3.83. The van der Waals surface area contributed by atoms with Gasteiger partial charge in [-0.3, -0.25) is 4.79 Å². The molecule has 1 aliphatic heterocycles. The lowest BCUT2D eigenvalue weighted by molar-refractivity contribution is 0.0590. The van der Waals surface area contributed by atoms with Crippen LogP contribution in [0.15, 0.2) is 54.6 Å². The monoisotopic (exact) mass is 382 g/mol. The molecule has 5 nitrogen and oxygen atoms in total. The standard InChI is InChI=1S/C21H19ClN2O3/c22-15-4-2-5-17(13-15)27-16-9-11-24(12-10-16)21(26)18-8-7-14-3-1-6-19(25)20(14)23-18/h1-8,13,16,25H,9-12H2. The number of hydrogen-bond acceptors (Lipinski definition) is 4. The van der Waals surface area contributed by atoms with Gasteiger partial charge < -0.3 is 14.7 Å². The van der Waals surface area contributed by atoms with Crippen molar-refractivity contribution >= 4 is 28.4 Å². The first-order valence-corrected chi connectivity index (χ1v) is 9.28. The van der Waals surface area contributed by atoms with E-state index in [1.165, 1.54) is 0 Å². The van der Waals surface area contributed by atoms with Gasteiger partial charge >= 0.3 is 0 Å². The van der Waals surface area contributed by atoms with Crippen molar-refractivity contribution in [2.45, 2.75) is 18.9 Å². The lowest BCUT2D eigenvalue weighted by Gasteiger charge is -2.32. The van der Waals surface area contributed by atoms with Crippen LogP contribution in [-0.2, 0) is 0 Å². The molecule has 1 aromatic heterocycles. The minimum atomic E-state index is -0.124. The van der Waals surface area contributed by atoms with Crippen LogP contribution in [0.3, 0.4) is 0 Å². The van der Waals surface area contributed by atoms with Crippen molar-refractivity contribution in [3.8, 4) is 11.5 Å². The molecular formula is C21H19ClN2O3. The van der Waals surface area contributed by atoms with Crippen molar-refractivity contribution in [3.05, 3.63) is 65.3 Å². The van der Waals surface area contributed by atoms with Gasteiger partial charge in [0.2, 0.25) is 0 Å². The van der Waals surface area contributed by atoms with Gasteiger partial charge in [0.05, 0.1) is 0 Å². The molecular weight excluding hydrogens is 364 g/mol. The van der Waals surface area contributed by atoms with Gasteiger partial charge in [-0.2, -0.15) is 0 Å². The molecule has 3 aromatic rings. The van der Waals surface area contributed by atoms with Gasteiger partial charge in [0, 0.05) is 36.3 Å². The number of aromatic hydroxyl groups is 1. The third-order valence-corrected chi connectivity index (χ3v) is 4.98. The summed E-state index contributed by atoms with van der Waals surface area (Å²) >= 11 is 5.99. The normalized spacial score (nSPS) is 15.1. The summed E-state index contributed by atoms with van der Waals surface area (Å²) < 4.78 is 5.97. The summed E-state index contributed by atoms with van der Waals surface area (Å²) in [6, 6.07) is 16.0. The molecule has 1 aliphatic rings. The maximum absolute atomic E-state index is 12.8. The Balaban J connectivity index is 1.42. The van der Waals surface area contributed by atoms with Gasteiger partial charge in [0.25, 0.3) is 5.91 Å². The van der Waals surface area contributed by atoms with E-state index >= 15 is 0 Å². The molecule has 0 aliphatic carbocycles. The number of nitrogens with zero attached hydrogens (tertiary/aromatic N) is 2. The van der Waals surface area contributed by atoms with E-state index in [0.717, 1.165) is 24.0 Å². The molecule has 0 bridgehead atoms. The Morgan fingerprint density at radius 3 is 2.67 bits per heavy atom. The molecule has 27 heavy (non-hydrogen) atoms. The summed E-state index contributed by atoms with van der Waals surface area (Å²) in [5, 5.41) is 11.4. The third-order valence-electron chi connectivity index (χ3n) is 4.75. The van der Waals surface area contributed by atoms with E-state index in [2.05, 4.69) is 4.98 Å². The molecule has 138 valence electrons. The number of halogens is 1. The summed E-state index contributed by atoms with van der Waals surface area (Å²) in [5.74, 6) is 0.705. The number of carbonyl (C=O) groups excluding carboxylic acids is 1. The highest BCUT2D eigenvalue weighted by atomic mass is 35.5. The Morgan fingerprint density at radius 1 is 1.11 bits per heavy atom. The Labute approximate surface area is 162 Å². The number of rotatable bonds is 3. The van der Waals surface area contributed by atoms with E-state index in [1.54, 1.807) is 29.2 Å². The van der Waals surface area contributed by atoms with Gasteiger partial charge in [0.1, 0.15) is 28.8 Å². The maximum Gasteiger partial charge on any atom is 0.272 e. The SMILES string of the molecule is O=C(c1ccc2cccc(O)c2n1)N1CCC(Oc2cccc(Cl)c2)CC1. The topological polar surface area (TPSA) is 62.7 Å². The second-order valence-corrected chi connectivity index (χ2v) is 7.05. The number of fused-ring (bicyclic) bond motifs is 1. The van der Waals surface area contributed by atoms with Crippen molar-refractivity contribution in [1.29, 1.82) is 0 Å². The van der Waals surface area contributed by atoms with Gasteiger partial charge in [-0.15, -0.1) is 0 Å². The van der Waals surface area contributed by atoms with E-state index in [0.29, 0.717) is 29.3 Å². The van der Waals surface area contributed by atoms with Crippen molar-refractivity contribution in [2.75, 3.05) is 13.1 Å². The summed E-state index contributed by atoms with van der Waals surface area (Å²) in [7, 11) is 0. The van der Waals surface area contributed by atoms with Gasteiger partial charge in [-0.25, -0.2) is 4.98 Å². The van der Waals surface area contributed by atoms with Gasteiger partial charge in [-0.1, -0.05) is 35.9 Å². The van der Waals surface area contributed by atoms with Crippen molar-refractivity contribution in [2.24, 2.45) is 0 Å². The second kappa shape index (κ2) is 7.45. The largest absolute Gasteiger partial charge is 0.506 e. The first-order chi connectivity index (χ1) is 13.1. The maximum atomic E-state index is 12.8. The fraction of sp³-hybridized carbons (Fsp3) is 0.238. The van der Waals surface area contributed by atoms with Crippen LogP contribution >= 0.6 is 11.6 Å². The number of benzene rings is 2. The molecule has 0 spiro atoms. The molecule has 0 radical (unpaired) electrons. The van der Waals surface area contributed by atoms with E-state index in [1.807, 2.05) is 30.3 Å². The van der Waals surface area contributed by atoms with Crippen molar-refractivity contribution in [3.63, 3.8) is 0 Å². The smallest absolute Gasteiger partial charge is 0.272 e. The minimum Gasteiger partial charge on any atom is -0.506 e. The summed E-state index contributed by atoms with van der Waals surface area (Å²) in [4.78, 5) is 18.9. The first kappa shape index (κ1) is 17.6. The van der Waals surface area contributed by atoms with Crippen LogP contribution < -0.4 is 4.74 Å². The Bertz CT molecular complexity index is 984. The lowest BCUT2D eigenvalue weighted by atomic mass is 10.1. The molecule has 0 atom stereocenters. The Hall–Kier alpha value is -2.79. The number of carbonyl (C=O) groups is 1. The summed E-state index contributed by atoms with van der Waals surface area (Å²) in [6.45, 7) is 1.20. The van der Waals surface area contributed by atoms with Crippen LogP contribution in [0.25, 0.3) is 10.9 Å². The molecule has 1 N–H and O–H groups in total. The number of piperidine rings is 1. The summed E-state index contributed by atoms with van der Waals surface area (Å²) in [5.41, 5.74) is 0.792. The number of pyridine rings is 1. The molecule has 2 heterocycles. The fourth-order valence-electron chi connectivity index (χ4n) is 3.32. The Morgan fingerprint density at radius 2 is 1.89 bits per heavy atom. The Kier molecular flexibility index (Phi) is 4.86. The fourth-order valence-corrected chi connectivity index (χ4v) is 3.50. The number of hydrogen-bond donors (Lipinski definition) is 1. The van der Waals surface area contributed by atoms with Crippen LogP contribution in [0, 0.1) is 0 Å². The molecule has 1 fully saturated rings. The van der Waals surface area contributed by atoms with E-state index in [4.69, 9.17) is 16.3 Å².